The summed E-state index contributed by atoms with van der Waals surface area (Å²) in [7, 11) is 0. The zero-order chi connectivity index (χ0) is 15.4. The number of carbonyl (C=O) groups excluding carboxylic acids is 2. The second-order valence-corrected chi connectivity index (χ2v) is 5.82. The van der Waals surface area contributed by atoms with Crippen molar-refractivity contribution in [3.63, 3.8) is 0 Å². The van der Waals surface area contributed by atoms with E-state index in [1.165, 1.54) is 0 Å². The van der Waals surface area contributed by atoms with Crippen LogP contribution in [0.4, 0.5) is 0 Å². The van der Waals surface area contributed by atoms with Crippen LogP contribution in [0.2, 0.25) is 0 Å². The highest BCUT2D eigenvalue weighted by atomic mass is 16.5. The minimum Gasteiger partial charge on any atom is -0.379 e. The minimum atomic E-state index is -0.350. The second kappa shape index (κ2) is 7.28. The van der Waals surface area contributed by atoms with E-state index in [-0.39, 0.29) is 11.6 Å². The largest absolute Gasteiger partial charge is 0.379 e. The molecule has 0 spiro atoms. The van der Waals surface area contributed by atoms with Crippen LogP contribution in [-0.2, 0) is 19.1 Å². The number of Topliss-reactive ketones (excluding diaryl/α,β-unsaturated/α-hetero) is 2. The molecule has 0 aromatic carbocycles. The van der Waals surface area contributed by atoms with Crippen LogP contribution < -0.4 is 0 Å². The molecule has 2 fully saturated rings. The molecule has 0 bridgehead atoms. The van der Waals surface area contributed by atoms with Crippen LogP contribution in [0.3, 0.4) is 0 Å². The average molecular weight is 306 g/mol. The summed E-state index contributed by atoms with van der Waals surface area (Å²) in [5, 5.41) is 0. The highest BCUT2D eigenvalue weighted by Crippen LogP contribution is 2.16. The van der Waals surface area contributed by atoms with Crippen molar-refractivity contribution < 1.29 is 19.1 Å². The molecule has 0 unspecified atom stereocenters. The normalized spacial score (nSPS) is 25.1. The van der Waals surface area contributed by atoms with E-state index in [2.05, 4.69) is 9.80 Å². The van der Waals surface area contributed by atoms with Gasteiger partial charge in [0.25, 0.3) is 0 Å². The van der Waals surface area contributed by atoms with Gasteiger partial charge in [0.1, 0.15) is 0 Å². The van der Waals surface area contributed by atoms with Gasteiger partial charge in [0.2, 0.25) is 11.6 Å². The lowest BCUT2D eigenvalue weighted by Crippen LogP contribution is -2.41. The number of carbonyl (C=O) groups is 2. The Morgan fingerprint density at radius 1 is 0.727 bits per heavy atom. The van der Waals surface area contributed by atoms with Gasteiger partial charge in [-0.3, -0.25) is 19.4 Å². The Labute approximate surface area is 130 Å². The second-order valence-electron chi connectivity index (χ2n) is 5.82. The van der Waals surface area contributed by atoms with Gasteiger partial charge in [0.05, 0.1) is 26.4 Å². The molecule has 2 heterocycles. The lowest BCUT2D eigenvalue weighted by atomic mass is 9.94. The quantitative estimate of drug-likeness (QED) is 0.523. The Morgan fingerprint density at radius 2 is 1.09 bits per heavy atom. The van der Waals surface area contributed by atoms with E-state index in [0.717, 1.165) is 26.2 Å². The van der Waals surface area contributed by atoms with Crippen LogP contribution in [0, 0.1) is 0 Å². The lowest BCUT2D eigenvalue weighted by Gasteiger charge is -2.29. The molecule has 0 saturated carbocycles. The number of nitrogens with zero attached hydrogens (tertiary/aromatic N) is 2. The SMILES string of the molecule is O=C1C(=O)C(CN2CCOCC2)=CC=C1CN1CCOCC1. The van der Waals surface area contributed by atoms with Crippen LogP contribution in [-0.4, -0.2) is 87.1 Å². The van der Waals surface area contributed by atoms with Crippen LogP contribution >= 0.6 is 0 Å². The standard InChI is InChI=1S/C16H22N2O4/c19-15-13(11-17-3-7-21-8-4-17)1-2-14(16(15)20)12-18-5-9-22-10-6-18/h1-2H,3-12H2. The maximum absolute atomic E-state index is 12.3. The molecule has 0 aromatic rings. The molecular formula is C16H22N2O4. The third kappa shape index (κ3) is 3.70. The molecule has 6 nitrogen and oxygen atoms in total. The summed E-state index contributed by atoms with van der Waals surface area (Å²) < 4.78 is 10.6. The van der Waals surface area contributed by atoms with Gasteiger partial charge in [0.15, 0.2) is 0 Å². The molecule has 3 aliphatic rings. The van der Waals surface area contributed by atoms with Crippen molar-refractivity contribution in [2.75, 3.05) is 65.7 Å². The van der Waals surface area contributed by atoms with E-state index in [1.807, 2.05) is 12.2 Å². The number of ether oxygens (including phenoxy) is 2. The third-order valence-corrected chi connectivity index (χ3v) is 4.27. The predicted molar refractivity (Wildman–Crippen MR) is 80.7 cm³/mol. The summed E-state index contributed by atoms with van der Waals surface area (Å²) in [6.07, 6.45) is 3.63. The average Bonchev–Trinajstić information content (AvgIpc) is 2.56. The first-order valence-electron chi connectivity index (χ1n) is 7.83. The van der Waals surface area contributed by atoms with Crippen molar-refractivity contribution in [2.24, 2.45) is 0 Å². The van der Waals surface area contributed by atoms with Gasteiger partial charge in [-0.2, -0.15) is 0 Å². The molecule has 2 saturated heterocycles. The van der Waals surface area contributed by atoms with Gasteiger partial charge in [-0.15, -0.1) is 0 Å². The molecule has 22 heavy (non-hydrogen) atoms. The van der Waals surface area contributed by atoms with Gasteiger partial charge in [-0.1, -0.05) is 12.2 Å². The molecule has 0 aromatic heterocycles. The van der Waals surface area contributed by atoms with Gasteiger partial charge in [-0.25, -0.2) is 0 Å². The Kier molecular flexibility index (Phi) is 5.15. The molecular weight excluding hydrogens is 284 g/mol. The Morgan fingerprint density at radius 3 is 1.45 bits per heavy atom. The summed E-state index contributed by atoms with van der Waals surface area (Å²) in [5.41, 5.74) is 1.19. The highest BCUT2D eigenvalue weighted by molar-refractivity contribution is 6.50. The summed E-state index contributed by atoms with van der Waals surface area (Å²) in [5.74, 6) is -0.700. The van der Waals surface area contributed by atoms with E-state index in [4.69, 9.17) is 9.47 Å². The summed E-state index contributed by atoms with van der Waals surface area (Å²) in [6, 6.07) is 0. The fraction of sp³-hybridized carbons (Fsp3) is 0.625. The Hall–Kier alpha value is -1.34. The topological polar surface area (TPSA) is 59.1 Å². The third-order valence-electron chi connectivity index (χ3n) is 4.27. The van der Waals surface area contributed by atoms with Crippen molar-refractivity contribution in [1.82, 2.24) is 9.80 Å². The zero-order valence-electron chi connectivity index (χ0n) is 12.8. The van der Waals surface area contributed by atoms with Crippen LogP contribution in [0.25, 0.3) is 0 Å². The van der Waals surface area contributed by atoms with Crippen LogP contribution in [0.5, 0.6) is 0 Å². The van der Waals surface area contributed by atoms with Crippen molar-refractivity contribution in [3.8, 4) is 0 Å². The van der Waals surface area contributed by atoms with Crippen LogP contribution in [0.15, 0.2) is 23.3 Å². The maximum Gasteiger partial charge on any atom is 0.230 e. The molecule has 6 heteroatoms. The van der Waals surface area contributed by atoms with Crippen molar-refractivity contribution in [1.29, 1.82) is 0 Å². The first-order valence-corrected chi connectivity index (χ1v) is 7.83. The summed E-state index contributed by atoms with van der Waals surface area (Å²) in [6.45, 7) is 7.06. The molecule has 0 radical (unpaired) electrons. The smallest absolute Gasteiger partial charge is 0.230 e. The molecule has 0 amide bonds. The van der Waals surface area contributed by atoms with E-state index in [1.54, 1.807) is 0 Å². The van der Waals surface area contributed by atoms with Crippen molar-refractivity contribution in [3.05, 3.63) is 23.3 Å². The number of hydrogen-bond acceptors (Lipinski definition) is 6. The van der Waals surface area contributed by atoms with Crippen molar-refractivity contribution in [2.45, 2.75) is 0 Å². The Balaban J connectivity index is 1.63. The molecule has 0 N–H and O–H groups in total. The number of allylic oxidation sites excluding steroid dienone is 2. The highest BCUT2D eigenvalue weighted by Gasteiger charge is 2.28. The maximum atomic E-state index is 12.3. The van der Waals surface area contributed by atoms with E-state index >= 15 is 0 Å². The number of ketones is 2. The van der Waals surface area contributed by atoms with Crippen molar-refractivity contribution >= 4 is 11.6 Å². The number of hydrogen-bond donors (Lipinski definition) is 0. The van der Waals surface area contributed by atoms with E-state index in [9.17, 15) is 9.59 Å². The first kappa shape index (κ1) is 15.6. The summed E-state index contributed by atoms with van der Waals surface area (Å²) >= 11 is 0. The molecule has 1 aliphatic carbocycles. The van der Waals surface area contributed by atoms with Gasteiger partial charge >= 0.3 is 0 Å². The summed E-state index contributed by atoms with van der Waals surface area (Å²) in [4.78, 5) is 28.9. The lowest BCUT2D eigenvalue weighted by molar-refractivity contribution is -0.132. The van der Waals surface area contributed by atoms with Gasteiger partial charge in [-0.05, 0) is 0 Å². The minimum absolute atomic E-state index is 0.350. The molecule has 3 rings (SSSR count). The predicted octanol–water partition coefficient (Wildman–Crippen LogP) is -0.345. The van der Waals surface area contributed by atoms with E-state index < -0.39 is 0 Å². The zero-order valence-corrected chi connectivity index (χ0v) is 12.8. The molecule has 0 atom stereocenters. The fourth-order valence-corrected chi connectivity index (χ4v) is 2.89. The fourth-order valence-electron chi connectivity index (χ4n) is 2.89. The van der Waals surface area contributed by atoms with Gasteiger partial charge < -0.3 is 9.47 Å². The number of morpholine rings is 2. The molecule has 2 aliphatic heterocycles. The van der Waals surface area contributed by atoms with Gasteiger partial charge in [0, 0.05) is 50.4 Å². The number of rotatable bonds is 4. The first-order chi connectivity index (χ1) is 10.7. The monoisotopic (exact) mass is 306 g/mol. The van der Waals surface area contributed by atoms with Crippen LogP contribution in [0.1, 0.15) is 0 Å². The Bertz CT molecular complexity index is 454. The molecule has 120 valence electrons. The van der Waals surface area contributed by atoms with E-state index in [0.29, 0.717) is 50.7 Å².